The van der Waals surface area contributed by atoms with Gasteiger partial charge in [0.05, 0.1) is 11.4 Å². The lowest BCUT2D eigenvalue weighted by Gasteiger charge is -2.05. The maximum absolute atomic E-state index is 4.83. The van der Waals surface area contributed by atoms with Crippen molar-refractivity contribution in [1.82, 2.24) is 4.98 Å². The van der Waals surface area contributed by atoms with E-state index in [0.717, 1.165) is 29.9 Å². The highest BCUT2D eigenvalue weighted by molar-refractivity contribution is 9.25. The van der Waals surface area contributed by atoms with Crippen LogP contribution in [0.3, 0.4) is 0 Å². The molecule has 0 radical (unpaired) electrons. The Bertz CT molecular complexity index is 694. The van der Waals surface area contributed by atoms with E-state index in [1.807, 2.05) is 0 Å². The number of halogens is 4. The summed E-state index contributed by atoms with van der Waals surface area (Å²) >= 11 is 14.4. The molecule has 1 aliphatic heterocycles. The standard InChI is InChI=1S/C17H20Br4N2/c1-5-10-8(3)12(22-14(10)16(18)19)7-13-9(4)11(6-2)15(23-13)17(20)21/h7,16-17,22H,5-6H2,1-4H3/b13-7+. The van der Waals surface area contributed by atoms with E-state index in [-0.39, 0.29) is 7.47 Å². The Labute approximate surface area is 171 Å². The predicted octanol–water partition coefficient (Wildman–Crippen LogP) is 7.31. The second kappa shape index (κ2) is 8.15. The van der Waals surface area contributed by atoms with E-state index in [1.54, 1.807) is 0 Å². The van der Waals surface area contributed by atoms with Crippen LogP contribution in [0.4, 0.5) is 0 Å². The lowest BCUT2D eigenvalue weighted by atomic mass is 10.0. The summed E-state index contributed by atoms with van der Waals surface area (Å²) in [5, 5.41) is 0. The number of H-pyrrole nitrogens is 1. The van der Waals surface area contributed by atoms with Crippen molar-refractivity contribution in [3.05, 3.63) is 39.4 Å². The Morgan fingerprint density at radius 1 is 1.04 bits per heavy atom. The molecule has 126 valence electrons. The van der Waals surface area contributed by atoms with Crippen LogP contribution in [0.15, 0.2) is 21.8 Å². The molecule has 0 amide bonds. The summed E-state index contributed by atoms with van der Waals surface area (Å²) in [7, 11) is 0. The Balaban J connectivity index is 2.53. The van der Waals surface area contributed by atoms with Crippen LogP contribution in [-0.4, -0.2) is 14.4 Å². The number of aliphatic imine (C=N–C) groups is 1. The minimum absolute atomic E-state index is 0.0896. The van der Waals surface area contributed by atoms with Crippen molar-refractivity contribution in [3.63, 3.8) is 0 Å². The molecule has 2 heterocycles. The number of aromatic amines is 1. The Morgan fingerprint density at radius 2 is 1.70 bits per heavy atom. The highest BCUT2D eigenvalue weighted by Gasteiger charge is 2.24. The van der Waals surface area contributed by atoms with Crippen molar-refractivity contribution in [2.24, 2.45) is 4.99 Å². The summed E-state index contributed by atoms with van der Waals surface area (Å²) < 4.78 is 0.225. The first kappa shape index (κ1) is 19.7. The number of rotatable bonds is 5. The molecule has 0 fully saturated rings. The minimum atomic E-state index is 0.0896. The lowest BCUT2D eigenvalue weighted by molar-refractivity contribution is 1.08. The minimum Gasteiger partial charge on any atom is -0.357 e. The first-order valence-corrected chi connectivity index (χ1v) is 11.3. The van der Waals surface area contributed by atoms with Crippen LogP contribution < -0.4 is 0 Å². The summed E-state index contributed by atoms with van der Waals surface area (Å²) in [5.41, 5.74) is 9.67. The van der Waals surface area contributed by atoms with Gasteiger partial charge < -0.3 is 4.98 Å². The summed E-state index contributed by atoms with van der Waals surface area (Å²) in [6, 6.07) is 0. The van der Waals surface area contributed by atoms with Crippen LogP contribution in [0.2, 0.25) is 0 Å². The predicted molar refractivity (Wildman–Crippen MR) is 116 cm³/mol. The van der Waals surface area contributed by atoms with E-state index in [0.29, 0.717) is 0 Å². The Morgan fingerprint density at radius 3 is 2.09 bits per heavy atom. The summed E-state index contributed by atoms with van der Waals surface area (Å²) in [6.07, 6.45) is 4.15. The first-order chi connectivity index (χ1) is 10.8. The quantitative estimate of drug-likeness (QED) is 0.359. The molecule has 0 aromatic carbocycles. The fourth-order valence-corrected chi connectivity index (χ4v) is 4.54. The van der Waals surface area contributed by atoms with Crippen molar-refractivity contribution in [3.8, 4) is 0 Å². The third-order valence-corrected chi connectivity index (χ3v) is 6.03. The molecule has 0 saturated heterocycles. The Hall–Kier alpha value is 0.350. The van der Waals surface area contributed by atoms with Crippen LogP contribution in [0.25, 0.3) is 6.08 Å². The fourth-order valence-electron chi connectivity index (χ4n) is 3.00. The molecule has 6 heteroatoms. The van der Waals surface area contributed by atoms with E-state index in [1.165, 1.54) is 28.0 Å². The zero-order valence-corrected chi connectivity index (χ0v) is 19.9. The molecule has 0 unspecified atom stereocenters. The van der Waals surface area contributed by atoms with Crippen LogP contribution in [0.5, 0.6) is 0 Å². The normalized spacial score (nSPS) is 17.1. The van der Waals surface area contributed by atoms with Crippen LogP contribution in [0.1, 0.15) is 53.4 Å². The van der Waals surface area contributed by atoms with Gasteiger partial charge in [-0.2, -0.15) is 0 Å². The number of nitrogens with one attached hydrogen (secondary N) is 1. The molecule has 0 saturated carbocycles. The van der Waals surface area contributed by atoms with Gasteiger partial charge in [-0.05, 0) is 55.0 Å². The van der Waals surface area contributed by atoms with Crippen molar-refractivity contribution >= 4 is 75.5 Å². The molecule has 1 aliphatic rings. The number of hydrogen-bond donors (Lipinski definition) is 1. The van der Waals surface area contributed by atoms with E-state index < -0.39 is 0 Å². The summed E-state index contributed by atoms with van der Waals surface area (Å²) in [5.74, 6) is 0. The van der Waals surface area contributed by atoms with Crippen molar-refractivity contribution in [1.29, 1.82) is 0 Å². The SMILES string of the molecule is CCC1=C(C)/C(=C\c2[nH]c(C(Br)Br)c(CC)c2C)N=C1C(Br)Br. The highest BCUT2D eigenvalue weighted by atomic mass is 79.9. The van der Waals surface area contributed by atoms with Crippen LogP contribution >= 0.6 is 63.7 Å². The second-order valence-electron chi connectivity index (χ2n) is 5.49. The van der Waals surface area contributed by atoms with Gasteiger partial charge in [0.1, 0.15) is 7.47 Å². The van der Waals surface area contributed by atoms with Crippen LogP contribution in [-0.2, 0) is 6.42 Å². The Kier molecular flexibility index (Phi) is 6.97. The van der Waals surface area contributed by atoms with Gasteiger partial charge in [0.15, 0.2) is 0 Å². The monoisotopic (exact) mass is 568 g/mol. The summed E-state index contributed by atoms with van der Waals surface area (Å²) in [4.78, 5) is 8.37. The highest BCUT2D eigenvalue weighted by Crippen LogP contribution is 2.37. The molecule has 0 atom stereocenters. The van der Waals surface area contributed by atoms with Gasteiger partial charge in [-0.1, -0.05) is 77.6 Å². The second-order valence-corrected chi connectivity index (χ2v) is 11.6. The van der Waals surface area contributed by atoms with E-state index >= 15 is 0 Å². The molecule has 2 nitrogen and oxygen atoms in total. The van der Waals surface area contributed by atoms with Crippen molar-refractivity contribution < 1.29 is 0 Å². The molecular weight excluding hydrogens is 552 g/mol. The molecule has 0 spiro atoms. The largest absolute Gasteiger partial charge is 0.357 e. The third kappa shape index (κ3) is 3.96. The van der Waals surface area contributed by atoms with Gasteiger partial charge in [0, 0.05) is 11.4 Å². The molecular formula is C17H20Br4N2. The summed E-state index contributed by atoms with van der Waals surface area (Å²) in [6.45, 7) is 8.69. The smallest absolute Gasteiger partial charge is 0.112 e. The van der Waals surface area contributed by atoms with Crippen molar-refractivity contribution in [2.45, 2.75) is 48.0 Å². The average Bonchev–Trinajstić information content (AvgIpc) is 2.98. The molecule has 23 heavy (non-hydrogen) atoms. The van der Waals surface area contributed by atoms with E-state index in [9.17, 15) is 0 Å². The maximum Gasteiger partial charge on any atom is 0.112 e. The van der Waals surface area contributed by atoms with E-state index in [4.69, 9.17) is 4.99 Å². The van der Waals surface area contributed by atoms with Crippen LogP contribution in [0, 0.1) is 6.92 Å². The lowest BCUT2D eigenvalue weighted by Crippen LogP contribution is -2.07. The molecule has 0 bridgehead atoms. The molecule has 1 aromatic rings. The van der Waals surface area contributed by atoms with Gasteiger partial charge in [0.25, 0.3) is 0 Å². The zero-order chi connectivity index (χ0) is 17.3. The number of alkyl halides is 4. The molecule has 0 aliphatic carbocycles. The molecule has 2 rings (SSSR count). The maximum atomic E-state index is 4.83. The topological polar surface area (TPSA) is 28.1 Å². The number of allylic oxidation sites excluding steroid dienone is 2. The number of nitrogens with zero attached hydrogens (tertiary/aromatic N) is 1. The number of hydrogen-bond acceptors (Lipinski definition) is 1. The van der Waals surface area contributed by atoms with E-state index in [2.05, 4.69) is 102 Å². The first-order valence-electron chi connectivity index (χ1n) is 7.60. The van der Waals surface area contributed by atoms with Gasteiger partial charge in [-0.3, -0.25) is 4.99 Å². The van der Waals surface area contributed by atoms with Gasteiger partial charge in [0.2, 0.25) is 0 Å². The third-order valence-electron chi connectivity index (χ3n) is 4.25. The van der Waals surface area contributed by atoms with Gasteiger partial charge in [-0.25, -0.2) is 0 Å². The zero-order valence-electron chi connectivity index (χ0n) is 13.6. The number of aromatic nitrogens is 1. The average molecular weight is 572 g/mol. The molecule has 1 N–H and O–H groups in total. The fraction of sp³-hybridized carbons (Fsp3) is 0.471. The molecule has 1 aromatic heterocycles. The van der Waals surface area contributed by atoms with Gasteiger partial charge in [-0.15, -0.1) is 0 Å². The van der Waals surface area contributed by atoms with Crippen molar-refractivity contribution in [2.75, 3.05) is 0 Å². The van der Waals surface area contributed by atoms with Gasteiger partial charge >= 0.3 is 0 Å².